The predicted molar refractivity (Wildman–Crippen MR) is 101 cm³/mol. The molecule has 1 atom stereocenters. The fourth-order valence-corrected chi connectivity index (χ4v) is 3.75. The summed E-state index contributed by atoms with van der Waals surface area (Å²) in [5.41, 5.74) is 2.56. The topological polar surface area (TPSA) is 78.0 Å². The van der Waals surface area contributed by atoms with Crippen LogP contribution >= 0.6 is 0 Å². The van der Waals surface area contributed by atoms with Crippen molar-refractivity contribution < 1.29 is 19.2 Å². The third-order valence-electron chi connectivity index (χ3n) is 5.09. The minimum atomic E-state index is -0.964. The van der Waals surface area contributed by atoms with Crippen molar-refractivity contribution in [3.05, 3.63) is 65.7 Å². The van der Waals surface area contributed by atoms with E-state index in [1.807, 2.05) is 37.3 Å². The van der Waals surface area contributed by atoms with E-state index in [0.29, 0.717) is 6.42 Å². The zero-order chi connectivity index (χ0) is 19.8. The molecule has 7 nitrogen and oxygen atoms in total. The van der Waals surface area contributed by atoms with E-state index in [-0.39, 0.29) is 18.5 Å². The van der Waals surface area contributed by atoms with Crippen LogP contribution in [0.5, 0.6) is 0 Å². The Kier molecular flexibility index (Phi) is 4.43. The van der Waals surface area contributed by atoms with E-state index in [9.17, 15) is 19.2 Å². The molecule has 2 heterocycles. The smallest absolute Gasteiger partial charge is 0.307 e. The summed E-state index contributed by atoms with van der Waals surface area (Å²) in [5.74, 6) is -2.25. The second kappa shape index (κ2) is 6.92. The third kappa shape index (κ3) is 2.94. The average molecular weight is 377 g/mol. The molecule has 2 aliphatic rings. The Morgan fingerprint density at radius 2 is 1.57 bits per heavy atom. The van der Waals surface area contributed by atoms with E-state index >= 15 is 0 Å². The molecule has 2 aromatic carbocycles. The maximum absolute atomic E-state index is 12.9. The molecule has 4 rings (SSSR count). The predicted octanol–water partition coefficient (Wildman–Crippen LogP) is 1.96. The Labute approximate surface area is 162 Å². The molecule has 0 N–H and O–H groups in total. The van der Waals surface area contributed by atoms with Gasteiger partial charge in [0.1, 0.15) is 6.54 Å². The molecule has 142 valence electrons. The highest BCUT2D eigenvalue weighted by atomic mass is 16.2. The molecule has 0 saturated carbocycles. The highest BCUT2D eigenvalue weighted by Gasteiger charge is 2.46. The van der Waals surface area contributed by atoms with Gasteiger partial charge in [-0.15, -0.1) is 0 Å². The van der Waals surface area contributed by atoms with Crippen LogP contribution in [-0.2, 0) is 27.3 Å². The van der Waals surface area contributed by atoms with E-state index in [1.54, 1.807) is 29.2 Å². The van der Waals surface area contributed by atoms with E-state index in [0.717, 1.165) is 26.6 Å². The maximum atomic E-state index is 12.9. The van der Waals surface area contributed by atoms with Crippen LogP contribution in [0, 0.1) is 0 Å². The lowest BCUT2D eigenvalue weighted by molar-refractivity contribution is -0.144. The number of fused-ring (bicyclic) bond motifs is 1. The summed E-state index contributed by atoms with van der Waals surface area (Å²) < 4.78 is 0. The van der Waals surface area contributed by atoms with Gasteiger partial charge in [-0.2, -0.15) is 0 Å². The highest BCUT2D eigenvalue weighted by Crippen LogP contribution is 2.32. The second-order valence-electron chi connectivity index (χ2n) is 7.00. The van der Waals surface area contributed by atoms with Crippen LogP contribution in [0.25, 0.3) is 0 Å². The van der Waals surface area contributed by atoms with Gasteiger partial charge in [-0.25, -0.2) is 9.69 Å². The number of benzene rings is 2. The monoisotopic (exact) mass is 377 g/mol. The number of para-hydroxylation sites is 1. The maximum Gasteiger partial charge on any atom is 0.335 e. The summed E-state index contributed by atoms with van der Waals surface area (Å²) in [7, 11) is 0. The third-order valence-corrected chi connectivity index (χ3v) is 5.09. The van der Waals surface area contributed by atoms with Crippen molar-refractivity contribution >= 4 is 29.4 Å². The molecular formula is C21H19N3O4. The molecule has 0 aromatic heterocycles. The molecule has 5 amide bonds. The molecule has 28 heavy (non-hydrogen) atoms. The van der Waals surface area contributed by atoms with Crippen molar-refractivity contribution in [2.75, 3.05) is 11.4 Å². The normalized spacial score (nSPS) is 18.8. The molecule has 0 bridgehead atoms. The molecule has 0 aliphatic carbocycles. The van der Waals surface area contributed by atoms with E-state index in [1.165, 1.54) is 0 Å². The van der Waals surface area contributed by atoms with Crippen LogP contribution in [0.4, 0.5) is 10.5 Å². The van der Waals surface area contributed by atoms with Crippen molar-refractivity contribution in [3.63, 3.8) is 0 Å². The van der Waals surface area contributed by atoms with Crippen LogP contribution in [0.2, 0.25) is 0 Å². The Bertz CT molecular complexity index is 973. The van der Waals surface area contributed by atoms with Gasteiger partial charge in [0.25, 0.3) is 0 Å². The summed E-state index contributed by atoms with van der Waals surface area (Å²) >= 11 is 0. The summed E-state index contributed by atoms with van der Waals surface area (Å²) in [5, 5.41) is 0. The first-order valence-corrected chi connectivity index (χ1v) is 9.08. The lowest BCUT2D eigenvalue weighted by Gasteiger charge is -2.24. The summed E-state index contributed by atoms with van der Waals surface area (Å²) in [6.45, 7) is 1.46. The Hall–Kier alpha value is -3.48. The molecule has 2 aromatic rings. The van der Waals surface area contributed by atoms with Crippen LogP contribution in [0.15, 0.2) is 54.6 Å². The fraction of sp³-hybridized carbons (Fsp3) is 0.238. The van der Waals surface area contributed by atoms with E-state index in [4.69, 9.17) is 0 Å². The molecule has 2 aliphatic heterocycles. The lowest BCUT2D eigenvalue weighted by Crippen LogP contribution is -2.45. The molecule has 0 radical (unpaired) electrons. The minimum absolute atomic E-state index is 0.00210. The minimum Gasteiger partial charge on any atom is -0.307 e. The first-order chi connectivity index (χ1) is 13.5. The molecule has 0 spiro atoms. The lowest BCUT2D eigenvalue weighted by atomic mass is 10.1. The van der Waals surface area contributed by atoms with Crippen LogP contribution in [0.1, 0.15) is 18.1 Å². The Balaban J connectivity index is 1.52. The summed E-state index contributed by atoms with van der Waals surface area (Å²) in [6, 6.07) is 15.6. The SMILES string of the molecule is C[C@@H]1Cc2ccccc2N1C(=O)CN1C(=O)C(=O)N(Cc2ccccc2)C1=O. The fourth-order valence-electron chi connectivity index (χ4n) is 3.75. The number of rotatable bonds is 4. The molecule has 0 unspecified atom stereocenters. The van der Waals surface area contributed by atoms with Crippen molar-refractivity contribution in [1.82, 2.24) is 9.80 Å². The average Bonchev–Trinajstić information content (AvgIpc) is 3.13. The molecule has 7 heteroatoms. The van der Waals surface area contributed by atoms with Crippen LogP contribution in [0.3, 0.4) is 0 Å². The number of carbonyl (C=O) groups excluding carboxylic acids is 4. The molecule has 1 saturated heterocycles. The van der Waals surface area contributed by atoms with Gasteiger partial charge >= 0.3 is 17.8 Å². The van der Waals surface area contributed by atoms with E-state index in [2.05, 4.69) is 0 Å². The van der Waals surface area contributed by atoms with Gasteiger partial charge in [0.05, 0.1) is 6.54 Å². The molecule has 1 fully saturated rings. The first kappa shape index (κ1) is 17.9. The van der Waals surface area contributed by atoms with Gasteiger partial charge in [-0.05, 0) is 30.5 Å². The van der Waals surface area contributed by atoms with Gasteiger partial charge in [0, 0.05) is 11.7 Å². The van der Waals surface area contributed by atoms with Gasteiger partial charge < -0.3 is 4.90 Å². The van der Waals surface area contributed by atoms with Crippen molar-refractivity contribution in [3.8, 4) is 0 Å². The van der Waals surface area contributed by atoms with Gasteiger partial charge in [-0.1, -0.05) is 48.5 Å². The zero-order valence-corrected chi connectivity index (χ0v) is 15.4. The number of amides is 5. The standard InChI is InChI=1S/C21H19N3O4/c1-14-11-16-9-5-6-10-17(16)24(14)18(25)13-23-20(27)19(26)22(21(23)28)12-15-7-3-2-4-8-15/h2-10,14H,11-13H2,1H3/t14-/m1/s1. The Morgan fingerprint density at radius 1 is 0.929 bits per heavy atom. The number of imide groups is 2. The molecular weight excluding hydrogens is 358 g/mol. The van der Waals surface area contributed by atoms with Gasteiger partial charge in [0.2, 0.25) is 5.91 Å². The van der Waals surface area contributed by atoms with Crippen LogP contribution < -0.4 is 4.90 Å². The zero-order valence-electron chi connectivity index (χ0n) is 15.4. The van der Waals surface area contributed by atoms with Crippen molar-refractivity contribution in [2.45, 2.75) is 25.9 Å². The van der Waals surface area contributed by atoms with Crippen molar-refractivity contribution in [1.29, 1.82) is 0 Å². The number of anilines is 1. The quantitative estimate of drug-likeness (QED) is 0.603. The number of hydrogen-bond acceptors (Lipinski definition) is 4. The largest absolute Gasteiger partial charge is 0.335 e. The summed E-state index contributed by atoms with van der Waals surface area (Å²) in [4.78, 5) is 53.4. The first-order valence-electron chi connectivity index (χ1n) is 9.08. The number of urea groups is 1. The highest BCUT2D eigenvalue weighted by molar-refractivity contribution is 6.45. The number of carbonyl (C=O) groups is 4. The second-order valence-corrected chi connectivity index (χ2v) is 7.00. The Morgan fingerprint density at radius 3 is 2.32 bits per heavy atom. The number of nitrogens with zero attached hydrogens (tertiary/aromatic N) is 3. The van der Waals surface area contributed by atoms with Gasteiger partial charge in [-0.3, -0.25) is 19.3 Å². The van der Waals surface area contributed by atoms with E-state index < -0.39 is 24.4 Å². The number of hydrogen-bond donors (Lipinski definition) is 0. The van der Waals surface area contributed by atoms with Crippen molar-refractivity contribution in [2.24, 2.45) is 0 Å². The summed E-state index contributed by atoms with van der Waals surface area (Å²) in [6.07, 6.45) is 0.711. The van der Waals surface area contributed by atoms with Gasteiger partial charge in [0.15, 0.2) is 0 Å². The van der Waals surface area contributed by atoms with Crippen LogP contribution in [-0.4, -0.2) is 46.1 Å².